The highest BCUT2D eigenvalue weighted by Gasteiger charge is 1.93. The van der Waals surface area contributed by atoms with E-state index in [4.69, 9.17) is 11.5 Å². The van der Waals surface area contributed by atoms with Crippen molar-refractivity contribution in [3.05, 3.63) is 59.7 Å². The summed E-state index contributed by atoms with van der Waals surface area (Å²) in [5.41, 5.74) is 15.0. The molecule has 0 unspecified atom stereocenters. The number of anilines is 2. The van der Waals surface area contributed by atoms with Crippen LogP contribution in [0, 0.1) is 0 Å². The van der Waals surface area contributed by atoms with E-state index in [0.717, 1.165) is 22.5 Å². The summed E-state index contributed by atoms with van der Waals surface area (Å²) in [6.45, 7) is 1.25. The summed E-state index contributed by atoms with van der Waals surface area (Å²) in [6.07, 6.45) is 3.56. The average Bonchev–Trinajstić information content (AvgIpc) is 2.46. The first kappa shape index (κ1) is 13.8. The maximum absolute atomic E-state index is 5.82. The molecule has 4 heteroatoms. The third-order valence-corrected chi connectivity index (χ3v) is 2.81. The fourth-order valence-electron chi connectivity index (χ4n) is 1.70. The first-order valence-corrected chi connectivity index (χ1v) is 6.46. The second kappa shape index (κ2) is 7.09. The van der Waals surface area contributed by atoms with Crippen LogP contribution in [0.5, 0.6) is 0 Å². The van der Waals surface area contributed by atoms with Crippen molar-refractivity contribution in [1.29, 1.82) is 0 Å². The summed E-state index contributed by atoms with van der Waals surface area (Å²) in [5, 5.41) is 0. The molecule has 2 aromatic rings. The Hall–Kier alpha value is -2.62. The molecule has 4 nitrogen and oxygen atoms in total. The fraction of sp³-hybridized carbons (Fsp3) is 0.125. The van der Waals surface area contributed by atoms with E-state index in [2.05, 4.69) is 9.98 Å². The van der Waals surface area contributed by atoms with Crippen LogP contribution in [0.3, 0.4) is 0 Å². The Bertz CT molecular complexity index is 562. The molecule has 2 aromatic carbocycles. The van der Waals surface area contributed by atoms with Gasteiger partial charge < -0.3 is 11.5 Å². The largest absolute Gasteiger partial charge is 0.398 e. The van der Waals surface area contributed by atoms with Gasteiger partial charge >= 0.3 is 0 Å². The SMILES string of the molecule is Nc1ccccc1C=NCCN=Cc1ccccc1N. The Morgan fingerprint density at radius 3 is 1.50 bits per heavy atom. The minimum Gasteiger partial charge on any atom is -0.398 e. The number of para-hydroxylation sites is 2. The molecule has 0 aromatic heterocycles. The topological polar surface area (TPSA) is 76.8 Å². The monoisotopic (exact) mass is 266 g/mol. The predicted octanol–water partition coefficient (Wildman–Crippen LogP) is 2.39. The zero-order valence-electron chi connectivity index (χ0n) is 11.2. The average molecular weight is 266 g/mol. The van der Waals surface area contributed by atoms with E-state index < -0.39 is 0 Å². The second-order valence-corrected chi connectivity index (χ2v) is 4.33. The van der Waals surface area contributed by atoms with Gasteiger partial charge in [-0.05, 0) is 12.1 Å². The van der Waals surface area contributed by atoms with E-state index in [9.17, 15) is 0 Å². The van der Waals surface area contributed by atoms with Gasteiger partial charge in [0.15, 0.2) is 0 Å². The van der Waals surface area contributed by atoms with Crippen LogP contribution in [-0.2, 0) is 0 Å². The minimum atomic E-state index is 0.623. The lowest BCUT2D eigenvalue weighted by Gasteiger charge is -1.98. The zero-order valence-corrected chi connectivity index (χ0v) is 11.2. The van der Waals surface area contributed by atoms with Crippen LogP contribution < -0.4 is 11.5 Å². The first-order chi connectivity index (χ1) is 9.77. The van der Waals surface area contributed by atoms with Crippen LogP contribution >= 0.6 is 0 Å². The summed E-state index contributed by atoms with van der Waals surface area (Å²) < 4.78 is 0. The first-order valence-electron chi connectivity index (χ1n) is 6.46. The summed E-state index contributed by atoms with van der Waals surface area (Å²) in [4.78, 5) is 8.61. The van der Waals surface area contributed by atoms with E-state index in [1.54, 1.807) is 12.4 Å². The van der Waals surface area contributed by atoms with Crippen molar-refractivity contribution >= 4 is 23.8 Å². The molecule has 0 heterocycles. The van der Waals surface area contributed by atoms with Crippen LogP contribution in [0.25, 0.3) is 0 Å². The molecule has 4 N–H and O–H groups in total. The molecule has 0 spiro atoms. The number of hydrogen-bond acceptors (Lipinski definition) is 4. The number of rotatable bonds is 5. The number of nitrogens with zero attached hydrogens (tertiary/aromatic N) is 2. The lowest BCUT2D eigenvalue weighted by Crippen LogP contribution is -1.95. The van der Waals surface area contributed by atoms with Crippen molar-refractivity contribution in [2.45, 2.75) is 0 Å². The number of nitrogens with two attached hydrogens (primary N) is 2. The Balaban J connectivity index is 1.82. The number of aliphatic imine (C=N–C) groups is 2. The summed E-state index contributed by atoms with van der Waals surface area (Å²) in [7, 11) is 0. The molecule has 0 radical (unpaired) electrons. The maximum atomic E-state index is 5.82. The number of hydrogen-bond donors (Lipinski definition) is 2. The molecule has 2 rings (SSSR count). The molecule has 0 fully saturated rings. The standard InChI is InChI=1S/C16H18N4/c17-15-7-3-1-5-13(15)11-19-9-10-20-12-14-6-2-4-8-16(14)18/h1-8,11-12H,9-10,17-18H2. The molecular formula is C16H18N4. The molecule has 0 saturated heterocycles. The Morgan fingerprint density at radius 2 is 1.10 bits per heavy atom. The van der Waals surface area contributed by atoms with E-state index in [1.807, 2.05) is 48.5 Å². The van der Waals surface area contributed by atoms with Crippen molar-refractivity contribution in [3.8, 4) is 0 Å². The Labute approximate surface area is 118 Å². The van der Waals surface area contributed by atoms with Gasteiger partial charge in [-0.1, -0.05) is 36.4 Å². The Morgan fingerprint density at radius 1 is 0.700 bits per heavy atom. The van der Waals surface area contributed by atoms with Crippen LogP contribution in [0.1, 0.15) is 11.1 Å². The van der Waals surface area contributed by atoms with Crippen LogP contribution in [0.4, 0.5) is 11.4 Å². The van der Waals surface area contributed by atoms with Gasteiger partial charge in [-0.25, -0.2) is 0 Å². The van der Waals surface area contributed by atoms with E-state index in [0.29, 0.717) is 13.1 Å². The Kier molecular flexibility index (Phi) is 4.89. The highest BCUT2D eigenvalue weighted by molar-refractivity contribution is 5.87. The lowest BCUT2D eigenvalue weighted by molar-refractivity contribution is 0.985. The van der Waals surface area contributed by atoms with Crippen LogP contribution in [0.15, 0.2) is 58.5 Å². The molecule has 0 aliphatic carbocycles. The van der Waals surface area contributed by atoms with Crippen molar-refractivity contribution in [2.75, 3.05) is 24.6 Å². The molecule has 0 atom stereocenters. The van der Waals surface area contributed by atoms with Gasteiger partial charge in [-0.15, -0.1) is 0 Å². The number of benzene rings is 2. The van der Waals surface area contributed by atoms with Gasteiger partial charge in [0.2, 0.25) is 0 Å². The van der Waals surface area contributed by atoms with Gasteiger partial charge in [0.1, 0.15) is 0 Å². The highest BCUT2D eigenvalue weighted by atomic mass is 14.8. The van der Waals surface area contributed by atoms with Gasteiger partial charge in [0.05, 0.1) is 13.1 Å². The van der Waals surface area contributed by atoms with Crippen molar-refractivity contribution in [3.63, 3.8) is 0 Å². The molecule has 102 valence electrons. The summed E-state index contributed by atoms with van der Waals surface area (Å²) in [5.74, 6) is 0. The number of nitrogen functional groups attached to an aromatic ring is 2. The van der Waals surface area contributed by atoms with Crippen LogP contribution in [-0.4, -0.2) is 25.5 Å². The van der Waals surface area contributed by atoms with E-state index >= 15 is 0 Å². The van der Waals surface area contributed by atoms with Gasteiger partial charge in [0.25, 0.3) is 0 Å². The molecule has 0 saturated carbocycles. The third-order valence-electron chi connectivity index (χ3n) is 2.81. The molecular weight excluding hydrogens is 248 g/mol. The third kappa shape index (κ3) is 3.95. The quantitative estimate of drug-likeness (QED) is 0.495. The fourth-order valence-corrected chi connectivity index (χ4v) is 1.70. The second-order valence-electron chi connectivity index (χ2n) is 4.33. The molecule has 0 aliphatic heterocycles. The minimum absolute atomic E-state index is 0.623. The van der Waals surface area contributed by atoms with Crippen molar-refractivity contribution in [1.82, 2.24) is 0 Å². The molecule has 20 heavy (non-hydrogen) atoms. The van der Waals surface area contributed by atoms with Gasteiger partial charge in [-0.2, -0.15) is 0 Å². The van der Waals surface area contributed by atoms with Gasteiger partial charge in [0, 0.05) is 34.9 Å². The van der Waals surface area contributed by atoms with E-state index in [1.165, 1.54) is 0 Å². The molecule has 0 aliphatic rings. The molecule has 0 amide bonds. The maximum Gasteiger partial charge on any atom is 0.0585 e. The molecule has 0 bridgehead atoms. The van der Waals surface area contributed by atoms with Crippen molar-refractivity contribution < 1.29 is 0 Å². The van der Waals surface area contributed by atoms with Crippen LogP contribution in [0.2, 0.25) is 0 Å². The smallest absolute Gasteiger partial charge is 0.0585 e. The van der Waals surface area contributed by atoms with E-state index in [-0.39, 0.29) is 0 Å². The zero-order chi connectivity index (χ0) is 14.2. The summed E-state index contributed by atoms with van der Waals surface area (Å²) in [6, 6.07) is 15.3. The normalized spacial score (nSPS) is 11.4. The lowest BCUT2D eigenvalue weighted by atomic mass is 10.2. The predicted molar refractivity (Wildman–Crippen MR) is 86.6 cm³/mol. The van der Waals surface area contributed by atoms with Crippen molar-refractivity contribution in [2.24, 2.45) is 9.98 Å². The van der Waals surface area contributed by atoms with Gasteiger partial charge in [-0.3, -0.25) is 9.98 Å². The summed E-state index contributed by atoms with van der Waals surface area (Å²) >= 11 is 0. The highest BCUT2D eigenvalue weighted by Crippen LogP contribution is 2.08.